The zero-order chi connectivity index (χ0) is 14.9. The summed E-state index contributed by atoms with van der Waals surface area (Å²) in [7, 11) is 0. The van der Waals surface area contributed by atoms with E-state index in [-0.39, 0.29) is 17.0 Å². The van der Waals surface area contributed by atoms with Crippen LogP contribution >= 0.6 is 11.6 Å². The molecule has 0 aromatic heterocycles. The SMILES string of the molecule is N#Cc1ccc(N2CCCC2[C@H](O)C(F)(F)F)cc1Cl. The number of rotatable bonds is 2. The standard InChI is InChI=1S/C13H12ClF3N2O/c14-10-6-9(4-3-8(10)7-18)19-5-1-2-11(19)12(20)13(15,16)17/h3-4,6,11-12,20H,1-2,5H2/t11?,12-/m0/s1. The number of halogens is 4. The highest BCUT2D eigenvalue weighted by Crippen LogP contribution is 2.35. The second kappa shape index (κ2) is 5.51. The number of anilines is 1. The van der Waals surface area contributed by atoms with Crippen molar-refractivity contribution >= 4 is 17.3 Å². The number of aliphatic hydroxyl groups is 1. The second-order valence-corrected chi connectivity index (χ2v) is 5.07. The van der Waals surface area contributed by atoms with Crippen LogP contribution in [-0.4, -0.2) is 30.0 Å². The van der Waals surface area contributed by atoms with E-state index in [0.29, 0.717) is 18.7 Å². The third-order valence-electron chi connectivity index (χ3n) is 3.40. The van der Waals surface area contributed by atoms with Crippen LogP contribution < -0.4 is 4.90 Å². The largest absolute Gasteiger partial charge is 0.416 e. The summed E-state index contributed by atoms with van der Waals surface area (Å²) in [5.41, 5.74) is 0.752. The summed E-state index contributed by atoms with van der Waals surface area (Å²) >= 11 is 5.89. The summed E-state index contributed by atoms with van der Waals surface area (Å²) in [5, 5.41) is 18.4. The van der Waals surface area contributed by atoms with Gasteiger partial charge in [-0.05, 0) is 31.0 Å². The second-order valence-electron chi connectivity index (χ2n) is 4.67. The maximum Gasteiger partial charge on any atom is 0.416 e. The fraction of sp³-hybridized carbons (Fsp3) is 0.462. The van der Waals surface area contributed by atoms with Gasteiger partial charge < -0.3 is 10.0 Å². The smallest absolute Gasteiger partial charge is 0.382 e. The van der Waals surface area contributed by atoms with Gasteiger partial charge in [0.2, 0.25) is 0 Å². The van der Waals surface area contributed by atoms with Gasteiger partial charge in [-0.3, -0.25) is 0 Å². The Labute approximate surface area is 119 Å². The van der Waals surface area contributed by atoms with E-state index in [0.717, 1.165) is 0 Å². The summed E-state index contributed by atoms with van der Waals surface area (Å²) in [5.74, 6) is 0. The van der Waals surface area contributed by atoms with Gasteiger partial charge in [0.15, 0.2) is 6.10 Å². The fourth-order valence-corrected chi connectivity index (χ4v) is 2.65. The maximum absolute atomic E-state index is 12.6. The molecule has 1 N–H and O–H groups in total. The van der Waals surface area contributed by atoms with Crippen LogP contribution in [0.4, 0.5) is 18.9 Å². The van der Waals surface area contributed by atoms with Crippen molar-refractivity contribution in [1.82, 2.24) is 0 Å². The van der Waals surface area contributed by atoms with E-state index in [1.54, 1.807) is 6.07 Å². The van der Waals surface area contributed by atoms with Gasteiger partial charge in [0.1, 0.15) is 6.07 Å². The van der Waals surface area contributed by atoms with Crippen molar-refractivity contribution in [3.63, 3.8) is 0 Å². The minimum absolute atomic E-state index is 0.192. The molecule has 1 aliphatic heterocycles. The summed E-state index contributed by atoms with van der Waals surface area (Å²) in [6.45, 7) is 0.417. The van der Waals surface area contributed by atoms with Crippen molar-refractivity contribution in [3.05, 3.63) is 28.8 Å². The topological polar surface area (TPSA) is 47.3 Å². The number of hydrogen-bond acceptors (Lipinski definition) is 3. The average Bonchev–Trinajstić information content (AvgIpc) is 2.85. The van der Waals surface area contributed by atoms with E-state index in [4.69, 9.17) is 16.9 Å². The van der Waals surface area contributed by atoms with Gasteiger partial charge >= 0.3 is 6.18 Å². The van der Waals surface area contributed by atoms with Gasteiger partial charge in [-0.2, -0.15) is 18.4 Å². The van der Waals surface area contributed by atoms with Crippen molar-refractivity contribution in [3.8, 4) is 6.07 Å². The first-order valence-electron chi connectivity index (χ1n) is 6.05. The summed E-state index contributed by atoms with van der Waals surface area (Å²) in [6.07, 6.45) is -6.21. The number of nitriles is 1. The highest BCUT2D eigenvalue weighted by molar-refractivity contribution is 6.32. The predicted octanol–water partition coefficient (Wildman–Crippen LogP) is 3.10. The molecule has 1 unspecified atom stereocenters. The van der Waals surface area contributed by atoms with Crippen molar-refractivity contribution in [1.29, 1.82) is 5.26 Å². The third-order valence-corrected chi connectivity index (χ3v) is 3.72. The van der Waals surface area contributed by atoms with Crippen molar-refractivity contribution in [2.24, 2.45) is 0 Å². The Morgan fingerprint density at radius 1 is 1.45 bits per heavy atom. The lowest BCUT2D eigenvalue weighted by Crippen LogP contribution is -2.47. The zero-order valence-electron chi connectivity index (χ0n) is 10.4. The molecular weight excluding hydrogens is 293 g/mol. The molecule has 1 saturated heterocycles. The van der Waals surface area contributed by atoms with E-state index < -0.39 is 18.3 Å². The van der Waals surface area contributed by atoms with Gasteiger partial charge in [0, 0.05) is 12.2 Å². The van der Waals surface area contributed by atoms with Crippen LogP contribution in [0.5, 0.6) is 0 Å². The molecule has 0 aliphatic carbocycles. The van der Waals surface area contributed by atoms with Crippen LogP contribution in [0.3, 0.4) is 0 Å². The monoisotopic (exact) mass is 304 g/mol. The molecule has 7 heteroatoms. The molecule has 0 bridgehead atoms. The van der Waals surface area contributed by atoms with Gasteiger partial charge in [0.25, 0.3) is 0 Å². The Kier molecular flexibility index (Phi) is 4.11. The molecule has 1 aliphatic rings. The number of hydrogen-bond donors (Lipinski definition) is 1. The lowest BCUT2D eigenvalue weighted by atomic mass is 10.1. The van der Waals surface area contributed by atoms with Crippen LogP contribution in [0.15, 0.2) is 18.2 Å². The molecule has 0 saturated carbocycles. The van der Waals surface area contributed by atoms with Crippen LogP contribution in [0.1, 0.15) is 18.4 Å². The molecule has 0 radical (unpaired) electrons. The van der Waals surface area contributed by atoms with Gasteiger partial charge in [-0.15, -0.1) is 0 Å². The first-order chi connectivity index (χ1) is 9.34. The van der Waals surface area contributed by atoms with Crippen LogP contribution in [-0.2, 0) is 0 Å². The lowest BCUT2D eigenvalue weighted by molar-refractivity contribution is -0.209. The molecule has 108 valence electrons. The summed E-state index contributed by atoms with van der Waals surface area (Å²) in [4.78, 5) is 1.49. The number of aliphatic hydroxyl groups excluding tert-OH is 1. The summed E-state index contributed by atoms with van der Waals surface area (Å²) < 4.78 is 37.9. The number of nitrogens with zero attached hydrogens (tertiary/aromatic N) is 2. The van der Waals surface area contributed by atoms with E-state index in [2.05, 4.69) is 0 Å². The van der Waals surface area contributed by atoms with Gasteiger partial charge in [-0.1, -0.05) is 11.6 Å². The van der Waals surface area contributed by atoms with Crippen molar-refractivity contribution in [2.75, 3.05) is 11.4 Å². The molecule has 1 heterocycles. The Balaban J connectivity index is 2.28. The van der Waals surface area contributed by atoms with E-state index >= 15 is 0 Å². The van der Waals surface area contributed by atoms with Crippen molar-refractivity contribution < 1.29 is 18.3 Å². The van der Waals surface area contributed by atoms with Crippen LogP contribution in [0, 0.1) is 11.3 Å². The highest BCUT2D eigenvalue weighted by Gasteiger charge is 2.47. The maximum atomic E-state index is 12.6. The molecule has 2 atom stereocenters. The molecule has 0 spiro atoms. The molecule has 3 nitrogen and oxygen atoms in total. The Hall–Kier alpha value is -1.45. The quantitative estimate of drug-likeness (QED) is 0.913. The molecule has 1 fully saturated rings. The first-order valence-corrected chi connectivity index (χ1v) is 6.43. The van der Waals surface area contributed by atoms with Crippen LogP contribution in [0.25, 0.3) is 0 Å². The molecule has 2 rings (SSSR count). The zero-order valence-corrected chi connectivity index (χ0v) is 11.1. The number of alkyl halides is 3. The Morgan fingerprint density at radius 2 is 2.15 bits per heavy atom. The van der Waals surface area contributed by atoms with Crippen LogP contribution in [0.2, 0.25) is 5.02 Å². The fourth-order valence-electron chi connectivity index (χ4n) is 2.43. The van der Waals surface area contributed by atoms with E-state index in [9.17, 15) is 18.3 Å². The average molecular weight is 305 g/mol. The predicted molar refractivity (Wildman–Crippen MR) is 68.6 cm³/mol. The molecule has 1 aromatic rings. The minimum atomic E-state index is -4.65. The Morgan fingerprint density at radius 3 is 2.70 bits per heavy atom. The normalized spacial score (nSPS) is 20.8. The highest BCUT2D eigenvalue weighted by atomic mass is 35.5. The molecular formula is C13H12ClF3N2O. The lowest BCUT2D eigenvalue weighted by Gasteiger charge is -2.31. The molecule has 20 heavy (non-hydrogen) atoms. The summed E-state index contributed by atoms with van der Waals surface area (Å²) in [6, 6.07) is 5.35. The van der Waals surface area contributed by atoms with E-state index in [1.807, 2.05) is 6.07 Å². The van der Waals surface area contributed by atoms with Gasteiger partial charge in [-0.25, -0.2) is 0 Å². The minimum Gasteiger partial charge on any atom is -0.382 e. The van der Waals surface area contributed by atoms with E-state index in [1.165, 1.54) is 17.0 Å². The molecule has 1 aromatic carbocycles. The molecule has 0 amide bonds. The van der Waals surface area contributed by atoms with Crippen molar-refractivity contribution in [2.45, 2.75) is 31.2 Å². The number of benzene rings is 1. The van der Waals surface area contributed by atoms with Gasteiger partial charge in [0.05, 0.1) is 16.6 Å². The Bertz CT molecular complexity index is 541. The third kappa shape index (κ3) is 2.84. The first kappa shape index (κ1) is 14.9.